The molecule has 0 bridgehead atoms. The van der Waals surface area contributed by atoms with Gasteiger partial charge in [0, 0.05) is 13.0 Å². The molecule has 1 aliphatic rings. The van der Waals surface area contributed by atoms with Crippen LogP contribution >= 0.6 is 0 Å². The van der Waals surface area contributed by atoms with Crippen LogP contribution in [0, 0.1) is 0 Å². The van der Waals surface area contributed by atoms with Gasteiger partial charge in [-0.2, -0.15) is 0 Å². The topological polar surface area (TPSA) is 92.9 Å². The zero-order valence-corrected chi connectivity index (χ0v) is 12.7. The van der Waals surface area contributed by atoms with Crippen LogP contribution in [0.5, 0.6) is 5.75 Å². The van der Waals surface area contributed by atoms with Gasteiger partial charge in [0.15, 0.2) is 5.60 Å². The summed E-state index contributed by atoms with van der Waals surface area (Å²) in [5.74, 6) is -0.0621. The van der Waals surface area contributed by atoms with E-state index in [2.05, 4.69) is 0 Å². The van der Waals surface area contributed by atoms with Crippen molar-refractivity contribution < 1.29 is 19.4 Å². The standard InChI is InChI=1S/C16H22N2O4/c1-22-13-6-3-12(4-7-13)5-8-14(19)18-10-2-9-16(21,11-18)15(17)20/h3-4,6-7,21H,2,5,8-11H2,1H3,(H2,17,20). The fraction of sp³-hybridized carbons (Fsp3) is 0.500. The summed E-state index contributed by atoms with van der Waals surface area (Å²) < 4.78 is 5.09. The van der Waals surface area contributed by atoms with Gasteiger partial charge in [-0.15, -0.1) is 0 Å². The second-order valence-corrected chi connectivity index (χ2v) is 5.66. The maximum Gasteiger partial charge on any atom is 0.251 e. The summed E-state index contributed by atoms with van der Waals surface area (Å²) in [5.41, 5.74) is 4.67. The zero-order valence-electron chi connectivity index (χ0n) is 12.7. The molecule has 6 nitrogen and oxygen atoms in total. The molecule has 2 rings (SSSR count). The second kappa shape index (κ2) is 6.79. The van der Waals surface area contributed by atoms with Crippen LogP contribution in [0.25, 0.3) is 0 Å². The molecule has 1 unspecified atom stereocenters. The summed E-state index contributed by atoms with van der Waals surface area (Å²) in [5, 5.41) is 10.1. The molecule has 1 aromatic rings. The molecule has 22 heavy (non-hydrogen) atoms. The van der Waals surface area contributed by atoms with Crippen LogP contribution in [0.3, 0.4) is 0 Å². The van der Waals surface area contributed by atoms with E-state index in [1.54, 1.807) is 7.11 Å². The largest absolute Gasteiger partial charge is 0.497 e. The molecular formula is C16H22N2O4. The number of hydrogen-bond acceptors (Lipinski definition) is 4. The molecule has 1 heterocycles. The van der Waals surface area contributed by atoms with E-state index >= 15 is 0 Å². The van der Waals surface area contributed by atoms with Gasteiger partial charge in [-0.3, -0.25) is 9.59 Å². The van der Waals surface area contributed by atoms with E-state index in [-0.39, 0.29) is 12.5 Å². The average molecular weight is 306 g/mol. The van der Waals surface area contributed by atoms with Crippen molar-refractivity contribution in [1.29, 1.82) is 0 Å². The van der Waals surface area contributed by atoms with Gasteiger partial charge in [-0.1, -0.05) is 12.1 Å². The monoisotopic (exact) mass is 306 g/mol. The first-order chi connectivity index (χ1) is 10.4. The van der Waals surface area contributed by atoms with Crippen LogP contribution in [-0.4, -0.2) is 47.6 Å². The first-order valence-electron chi connectivity index (χ1n) is 7.37. The number of piperidine rings is 1. The molecule has 120 valence electrons. The number of hydrogen-bond donors (Lipinski definition) is 2. The summed E-state index contributed by atoms with van der Waals surface area (Å²) in [7, 11) is 1.61. The lowest BCUT2D eigenvalue weighted by Crippen LogP contribution is -2.57. The number of ether oxygens (including phenoxy) is 1. The highest BCUT2D eigenvalue weighted by Crippen LogP contribution is 2.22. The van der Waals surface area contributed by atoms with Crippen molar-refractivity contribution in [3.8, 4) is 5.75 Å². The van der Waals surface area contributed by atoms with Crippen molar-refractivity contribution in [3.63, 3.8) is 0 Å². The number of nitrogens with two attached hydrogens (primary N) is 1. The van der Waals surface area contributed by atoms with Crippen molar-refractivity contribution >= 4 is 11.8 Å². The van der Waals surface area contributed by atoms with Crippen LogP contribution in [0.15, 0.2) is 24.3 Å². The minimum atomic E-state index is -1.59. The number of primary amides is 1. The van der Waals surface area contributed by atoms with Gasteiger partial charge in [0.2, 0.25) is 5.91 Å². The maximum absolute atomic E-state index is 12.2. The molecular weight excluding hydrogens is 284 g/mol. The molecule has 0 spiro atoms. The quantitative estimate of drug-likeness (QED) is 0.827. The van der Waals surface area contributed by atoms with Gasteiger partial charge < -0.3 is 20.5 Å². The number of amides is 2. The Kier molecular flexibility index (Phi) is 5.03. The number of aryl methyl sites for hydroxylation is 1. The van der Waals surface area contributed by atoms with Crippen molar-refractivity contribution in [3.05, 3.63) is 29.8 Å². The van der Waals surface area contributed by atoms with E-state index in [9.17, 15) is 14.7 Å². The molecule has 6 heteroatoms. The fourth-order valence-corrected chi connectivity index (χ4v) is 2.65. The molecule has 0 aliphatic carbocycles. The number of carbonyl (C=O) groups excluding carboxylic acids is 2. The van der Waals surface area contributed by atoms with Crippen molar-refractivity contribution in [2.45, 2.75) is 31.3 Å². The third-order valence-corrected chi connectivity index (χ3v) is 4.07. The summed E-state index contributed by atoms with van der Waals surface area (Å²) >= 11 is 0. The number of β-amino-alcohol motifs (C(OH)–C–C–N with tert-alkyl or cyclic N) is 1. The first-order valence-corrected chi connectivity index (χ1v) is 7.37. The minimum absolute atomic E-state index is 0.0101. The number of rotatable bonds is 5. The van der Waals surface area contributed by atoms with E-state index < -0.39 is 11.5 Å². The first kappa shape index (κ1) is 16.3. The van der Waals surface area contributed by atoms with Gasteiger partial charge in [-0.25, -0.2) is 0 Å². The molecule has 0 radical (unpaired) electrons. The van der Waals surface area contributed by atoms with Crippen molar-refractivity contribution in [2.75, 3.05) is 20.2 Å². The number of aliphatic hydroxyl groups is 1. The Morgan fingerprint density at radius 2 is 2.05 bits per heavy atom. The van der Waals surface area contributed by atoms with E-state index in [0.29, 0.717) is 32.2 Å². The number of methoxy groups -OCH3 is 1. The van der Waals surface area contributed by atoms with E-state index in [0.717, 1.165) is 11.3 Å². The predicted molar refractivity (Wildman–Crippen MR) is 81.3 cm³/mol. The minimum Gasteiger partial charge on any atom is -0.497 e. The fourth-order valence-electron chi connectivity index (χ4n) is 2.65. The number of benzene rings is 1. The molecule has 2 amide bonds. The van der Waals surface area contributed by atoms with Gasteiger partial charge in [-0.05, 0) is 37.0 Å². The molecule has 1 fully saturated rings. The highest BCUT2D eigenvalue weighted by atomic mass is 16.5. The lowest BCUT2D eigenvalue weighted by Gasteiger charge is -2.37. The van der Waals surface area contributed by atoms with Crippen LogP contribution in [-0.2, 0) is 16.0 Å². The van der Waals surface area contributed by atoms with E-state index in [4.69, 9.17) is 10.5 Å². The second-order valence-electron chi connectivity index (χ2n) is 5.66. The van der Waals surface area contributed by atoms with Crippen LogP contribution in [0.2, 0.25) is 0 Å². The molecule has 1 aromatic carbocycles. The van der Waals surface area contributed by atoms with Crippen molar-refractivity contribution in [1.82, 2.24) is 4.90 Å². The Balaban J connectivity index is 1.90. The zero-order chi connectivity index (χ0) is 16.2. The average Bonchev–Trinajstić information content (AvgIpc) is 2.53. The third-order valence-electron chi connectivity index (χ3n) is 4.07. The Labute approximate surface area is 129 Å². The predicted octanol–water partition coefficient (Wildman–Crippen LogP) is 0.467. The van der Waals surface area contributed by atoms with Gasteiger partial charge in [0.25, 0.3) is 5.91 Å². The number of likely N-dealkylation sites (tertiary alicyclic amines) is 1. The van der Waals surface area contributed by atoms with Gasteiger partial charge >= 0.3 is 0 Å². The Morgan fingerprint density at radius 1 is 1.36 bits per heavy atom. The highest BCUT2D eigenvalue weighted by Gasteiger charge is 2.39. The summed E-state index contributed by atoms with van der Waals surface area (Å²) in [6, 6.07) is 7.54. The summed E-state index contributed by atoms with van der Waals surface area (Å²) in [4.78, 5) is 25.1. The van der Waals surface area contributed by atoms with E-state index in [1.165, 1.54) is 4.90 Å². The highest BCUT2D eigenvalue weighted by molar-refractivity contribution is 5.85. The molecule has 3 N–H and O–H groups in total. The molecule has 1 saturated heterocycles. The molecule has 0 saturated carbocycles. The van der Waals surface area contributed by atoms with Gasteiger partial charge in [0.1, 0.15) is 5.75 Å². The molecule has 1 atom stereocenters. The lowest BCUT2D eigenvalue weighted by atomic mass is 9.92. The molecule has 0 aromatic heterocycles. The SMILES string of the molecule is COc1ccc(CCC(=O)N2CCCC(O)(C(N)=O)C2)cc1. The molecule has 1 aliphatic heterocycles. The Morgan fingerprint density at radius 3 is 2.64 bits per heavy atom. The summed E-state index contributed by atoms with van der Waals surface area (Å²) in [6.45, 7) is 0.542. The van der Waals surface area contributed by atoms with Crippen LogP contribution < -0.4 is 10.5 Å². The Bertz CT molecular complexity index is 544. The number of nitrogens with zero attached hydrogens (tertiary/aromatic N) is 1. The smallest absolute Gasteiger partial charge is 0.251 e. The lowest BCUT2D eigenvalue weighted by molar-refractivity contribution is -0.148. The van der Waals surface area contributed by atoms with Crippen molar-refractivity contribution in [2.24, 2.45) is 5.73 Å². The number of carbonyl (C=O) groups is 2. The Hall–Kier alpha value is -2.08. The van der Waals surface area contributed by atoms with Crippen LogP contribution in [0.1, 0.15) is 24.8 Å². The maximum atomic E-state index is 12.2. The van der Waals surface area contributed by atoms with Gasteiger partial charge in [0.05, 0.1) is 13.7 Å². The van der Waals surface area contributed by atoms with Crippen LogP contribution in [0.4, 0.5) is 0 Å². The normalized spacial score (nSPS) is 21.5. The van der Waals surface area contributed by atoms with E-state index in [1.807, 2.05) is 24.3 Å². The summed E-state index contributed by atoms with van der Waals surface area (Å²) in [6.07, 6.45) is 1.83. The third kappa shape index (κ3) is 3.76.